The van der Waals surface area contributed by atoms with Crippen LogP contribution in [0.4, 0.5) is 0 Å². The number of aromatic nitrogens is 2. The van der Waals surface area contributed by atoms with Crippen LogP contribution in [0.5, 0.6) is 0 Å². The van der Waals surface area contributed by atoms with Gasteiger partial charge in [-0.2, -0.15) is 0 Å². The van der Waals surface area contributed by atoms with Crippen molar-refractivity contribution in [3.8, 4) is 11.4 Å². The number of ether oxygens (including phenoxy) is 1. The largest absolute Gasteiger partial charge is 0.458 e. The third-order valence-electron chi connectivity index (χ3n) is 6.25. The SMILES string of the molecule is CCCc1cccc2c(Cl)c3c(nc12)-c1cc2c(c(=O)n1C3)COC(=O)[C@]2(O)CC. The van der Waals surface area contributed by atoms with E-state index in [0.29, 0.717) is 34.1 Å². The van der Waals surface area contributed by atoms with E-state index in [9.17, 15) is 14.7 Å². The van der Waals surface area contributed by atoms with Gasteiger partial charge in [-0.05, 0) is 24.5 Å². The minimum absolute atomic E-state index is 0.112. The molecule has 2 aromatic heterocycles. The van der Waals surface area contributed by atoms with Gasteiger partial charge < -0.3 is 14.4 Å². The van der Waals surface area contributed by atoms with Gasteiger partial charge in [0.1, 0.15) is 6.61 Å². The predicted octanol–water partition coefficient (Wildman–Crippen LogP) is 3.69. The van der Waals surface area contributed by atoms with E-state index in [1.54, 1.807) is 17.6 Å². The third-order valence-corrected chi connectivity index (χ3v) is 6.68. The number of halogens is 1. The number of fused-ring (bicyclic) bond motifs is 5. The van der Waals surface area contributed by atoms with Crippen LogP contribution in [0, 0.1) is 0 Å². The average molecular weight is 425 g/mol. The van der Waals surface area contributed by atoms with Crippen LogP contribution in [0.1, 0.15) is 48.9 Å². The highest BCUT2D eigenvalue weighted by Gasteiger charge is 2.45. The van der Waals surface area contributed by atoms with Crippen molar-refractivity contribution in [1.82, 2.24) is 9.55 Å². The van der Waals surface area contributed by atoms with Crippen LogP contribution in [0.25, 0.3) is 22.3 Å². The van der Waals surface area contributed by atoms with Crippen molar-refractivity contribution in [3.63, 3.8) is 0 Å². The number of pyridine rings is 2. The van der Waals surface area contributed by atoms with Gasteiger partial charge in [0, 0.05) is 16.5 Å². The van der Waals surface area contributed by atoms with Crippen LogP contribution < -0.4 is 5.56 Å². The minimum Gasteiger partial charge on any atom is -0.458 e. The molecule has 0 amide bonds. The number of aliphatic hydroxyl groups is 1. The molecule has 0 unspecified atom stereocenters. The Bertz CT molecular complexity index is 1300. The first-order valence-corrected chi connectivity index (χ1v) is 10.6. The van der Waals surface area contributed by atoms with Gasteiger partial charge >= 0.3 is 5.97 Å². The number of rotatable bonds is 3. The molecule has 6 nitrogen and oxygen atoms in total. The summed E-state index contributed by atoms with van der Waals surface area (Å²) in [5.74, 6) is -0.727. The fourth-order valence-corrected chi connectivity index (χ4v) is 4.89. The molecule has 0 bridgehead atoms. The van der Waals surface area contributed by atoms with Gasteiger partial charge in [0.05, 0.1) is 34.0 Å². The fraction of sp³-hybridized carbons (Fsp3) is 0.348. The molecule has 1 atom stereocenters. The van der Waals surface area contributed by atoms with Gasteiger partial charge in [-0.15, -0.1) is 0 Å². The molecule has 0 saturated heterocycles. The maximum atomic E-state index is 13.2. The van der Waals surface area contributed by atoms with E-state index in [1.807, 2.05) is 18.2 Å². The molecule has 7 heteroatoms. The lowest BCUT2D eigenvalue weighted by molar-refractivity contribution is -0.172. The summed E-state index contributed by atoms with van der Waals surface area (Å²) in [5.41, 5.74) is 2.42. The van der Waals surface area contributed by atoms with Crippen LogP contribution in [0.15, 0.2) is 29.1 Å². The molecule has 2 aliphatic heterocycles. The number of benzene rings is 1. The summed E-state index contributed by atoms with van der Waals surface area (Å²) >= 11 is 6.78. The number of nitrogens with zero attached hydrogens (tertiary/aromatic N) is 2. The van der Waals surface area contributed by atoms with Gasteiger partial charge in [0.2, 0.25) is 0 Å². The first-order valence-electron chi connectivity index (χ1n) is 10.2. The van der Waals surface area contributed by atoms with Crippen molar-refractivity contribution in [2.75, 3.05) is 0 Å². The van der Waals surface area contributed by atoms with Crippen LogP contribution in [0.3, 0.4) is 0 Å². The molecule has 2 aliphatic rings. The minimum atomic E-state index is -1.83. The summed E-state index contributed by atoms with van der Waals surface area (Å²) in [7, 11) is 0. The van der Waals surface area contributed by atoms with E-state index in [1.165, 1.54) is 0 Å². The highest BCUT2D eigenvalue weighted by molar-refractivity contribution is 6.36. The maximum absolute atomic E-state index is 13.2. The lowest BCUT2D eigenvalue weighted by Crippen LogP contribution is -2.44. The van der Waals surface area contributed by atoms with Gasteiger partial charge in [0.15, 0.2) is 5.60 Å². The van der Waals surface area contributed by atoms with Crippen molar-refractivity contribution in [2.24, 2.45) is 0 Å². The highest BCUT2D eigenvalue weighted by atomic mass is 35.5. The number of carbonyl (C=O) groups excluding carboxylic acids is 1. The molecular weight excluding hydrogens is 404 g/mol. The number of para-hydroxylation sites is 1. The van der Waals surface area contributed by atoms with Crippen LogP contribution >= 0.6 is 11.6 Å². The Balaban J connectivity index is 1.82. The van der Waals surface area contributed by atoms with E-state index in [2.05, 4.69) is 6.92 Å². The predicted molar refractivity (Wildman–Crippen MR) is 114 cm³/mol. The van der Waals surface area contributed by atoms with Crippen molar-refractivity contribution >= 4 is 28.5 Å². The smallest absolute Gasteiger partial charge is 0.343 e. The van der Waals surface area contributed by atoms with E-state index in [0.717, 1.165) is 34.9 Å². The third kappa shape index (κ3) is 2.44. The second-order valence-electron chi connectivity index (χ2n) is 7.92. The zero-order chi connectivity index (χ0) is 21.2. The molecule has 0 fully saturated rings. The molecule has 1 aromatic carbocycles. The molecule has 1 N–H and O–H groups in total. The molecule has 0 spiro atoms. The zero-order valence-electron chi connectivity index (χ0n) is 16.8. The first kappa shape index (κ1) is 19.3. The van der Waals surface area contributed by atoms with Crippen molar-refractivity contribution in [2.45, 2.75) is 51.9 Å². The number of hydrogen-bond donors (Lipinski definition) is 1. The van der Waals surface area contributed by atoms with Gasteiger partial charge in [0.25, 0.3) is 5.56 Å². The Kier molecular flexibility index (Phi) is 4.27. The lowest BCUT2D eigenvalue weighted by Gasteiger charge is -2.31. The molecule has 30 heavy (non-hydrogen) atoms. The lowest BCUT2D eigenvalue weighted by atomic mass is 9.86. The van der Waals surface area contributed by atoms with E-state index >= 15 is 0 Å². The molecular formula is C23H21ClN2O4. The van der Waals surface area contributed by atoms with Gasteiger partial charge in [-0.1, -0.05) is 50.1 Å². The Morgan fingerprint density at radius 1 is 1.27 bits per heavy atom. The number of carbonyl (C=O) groups is 1. The highest BCUT2D eigenvalue weighted by Crippen LogP contribution is 2.42. The molecule has 3 aromatic rings. The summed E-state index contributed by atoms with van der Waals surface area (Å²) in [6, 6.07) is 7.68. The maximum Gasteiger partial charge on any atom is 0.343 e. The summed E-state index contributed by atoms with van der Waals surface area (Å²) < 4.78 is 6.72. The summed E-state index contributed by atoms with van der Waals surface area (Å²) in [4.78, 5) is 30.5. The summed E-state index contributed by atoms with van der Waals surface area (Å²) in [6.45, 7) is 3.96. The quantitative estimate of drug-likeness (QED) is 0.507. The van der Waals surface area contributed by atoms with Crippen molar-refractivity contribution < 1.29 is 14.6 Å². The first-order chi connectivity index (χ1) is 14.4. The van der Waals surface area contributed by atoms with E-state index in [4.69, 9.17) is 21.3 Å². The van der Waals surface area contributed by atoms with Crippen LogP contribution in [0.2, 0.25) is 5.02 Å². The Labute approximate surface area is 178 Å². The Morgan fingerprint density at radius 2 is 2.07 bits per heavy atom. The topological polar surface area (TPSA) is 81.4 Å². The van der Waals surface area contributed by atoms with Gasteiger partial charge in [-0.3, -0.25) is 4.79 Å². The normalized spacial score (nSPS) is 19.4. The number of esters is 1. The second kappa shape index (κ2) is 6.65. The summed E-state index contributed by atoms with van der Waals surface area (Å²) in [6.07, 6.45) is 1.96. The number of cyclic esters (lactones) is 1. The Hall–Kier alpha value is -2.70. The molecule has 0 radical (unpaired) electrons. The van der Waals surface area contributed by atoms with E-state index in [-0.39, 0.29) is 18.6 Å². The average Bonchev–Trinajstić information content (AvgIpc) is 3.12. The summed E-state index contributed by atoms with van der Waals surface area (Å²) in [5, 5.41) is 12.4. The molecule has 0 saturated carbocycles. The molecule has 0 aliphatic carbocycles. The fourth-order valence-electron chi connectivity index (χ4n) is 4.58. The van der Waals surface area contributed by atoms with Crippen LogP contribution in [-0.4, -0.2) is 20.6 Å². The molecule has 4 heterocycles. The van der Waals surface area contributed by atoms with E-state index < -0.39 is 11.6 Å². The number of aryl methyl sites for hydroxylation is 1. The molecule has 5 rings (SSSR count). The zero-order valence-corrected chi connectivity index (χ0v) is 17.5. The van der Waals surface area contributed by atoms with Gasteiger partial charge in [-0.25, -0.2) is 9.78 Å². The molecule has 154 valence electrons. The van der Waals surface area contributed by atoms with Crippen molar-refractivity contribution in [3.05, 3.63) is 61.9 Å². The second-order valence-corrected chi connectivity index (χ2v) is 8.30. The monoisotopic (exact) mass is 424 g/mol. The Morgan fingerprint density at radius 3 is 2.80 bits per heavy atom. The number of hydrogen-bond acceptors (Lipinski definition) is 5. The standard InChI is InChI=1S/C23H21ClN2O4/c1-3-6-12-7-5-8-13-18(24)14-10-26-17(20(14)25-19(12)13)9-16-15(21(26)27)11-30-22(28)23(16,29)4-2/h5,7-9,29H,3-4,6,10-11H2,1-2H3/t23-/m0/s1. The van der Waals surface area contributed by atoms with Crippen LogP contribution in [-0.2, 0) is 34.7 Å². The van der Waals surface area contributed by atoms with Crippen molar-refractivity contribution in [1.29, 1.82) is 0 Å².